The van der Waals surface area contributed by atoms with Crippen LogP contribution in [0.2, 0.25) is 0 Å². The molecule has 0 aliphatic rings. The molecule has 3 nitrogen and oxygen atoms in total. The number of carbonyl (C=O) groups is 1. The van der Waals surface area contributed by atoms with Crippen LogP contribution in [0.15, 0.2) is 24.3 Å². The molecular formula is C14H20N2OS. The molecule has 1 rings (SSSR count). The van der Waals surface area contributed by atoms with E-state index in [1.807, 2.05) is 24.3 Å². The summed E-state index contributed by atoms with van der Waals surface area (Å²) in [6.07, 6.45) is 1.59. The molecule has 1 unspecified atom stereocenters. The number of rotatable bonds is 6. The minimum Gasteiger partial charge on any atom is -0.389 e. The van der Waals surface area contributed by atoms with Gasteiger partial charge in [0, 0.05) is 18.5 Å². The number of carbonyl (C=O) groups excluding carboxylic acids is 1. The largest absolute Gasteiger partial charge is 0.389 e. The minimum absolute atomic E-state index is 0.0880. The fourth-order valence-electron chi connectivity index (χ4n) is 1.57. The summed E-state index contributed by atoms with van der Waals surface area (Å²) in [7, 11) is 0. The summed E-state index contributed by atoms with van der Waals surface area (Å²) in [5, 5.41) is 2.91. The predicted molar refractivity (Wildman–Crippen MR) is 78.2 cm³/mol. The van der Waals surface area contributed by atoms with Gasteiger partial charge in [0.1, 0.15) is 4.99 Å². The second kappa shape index (κ2) is 7.11. The van der Waals surface area contributed by atoms with Gasteiger partial charge in [-0.3, -0.25) is 4.79 Å². The van der Waals surface area contributed by atoms with Gasteiger partial charge >= 0.3 is 0 Å². The summed E-state index contributed by atoms with van der Waals surface area (Å²) in [6, 6.07) is 7.62. The molecule has 1 aromatic rings. The Morgan fingerprint density at radius 1 is 1.50 bits per heavy atom. The Kier molecular flexibility index (Phi) is 5.78. The van der Waals surface area contributed by atoms with Crippen LogP contribution in [0.25, 0.3) is 0 Å². The lowest BCUT2D eigenvalue weighted by atomic mass is 10.0. The van der Waals surface area contributed by atoms with Gasteiger partial charge in [-0.25, -0.2) is 0 Å². The third kappa shape index (κ3) is 4.84. The molecule has 1 amide bonds. The van der Waals surface area contributed by atoms with E-state index in [1.165, 1.54) is 0 Å². The predicted octanol–water partition coefficient (Wildman–Crippen LogP) is 2.37. The number of benzene rings is 1. The molecule has 3 N–H and O–H groups in total. The van der Waals surface area contributed by atoms with Crippen LogP contribution in [0, 0.1) is 5.92 Å². The minimum atomic E-state index is 0.0880. The van der Waals surface area contributed by atoms with Crippen LogP contribution in [0.3, 0.4) is 0 Å². The topological polar surface area (TPSA) is 55.1 Å². The molecule has 0 fully saturated rings. The van der Waals surface area contributed by atoms with Gasteiger partial charge in [-0.1, -0.05) is 50.7 Å². The van der Waals surface area contributed by atoms with Crippen molar-refractivity contribution in [3.63, 3.8) is 0 Å². The maximum atomic E-state index is 11.6. The van der Waals surface area contributed by atoms with Gasteiger partial charge in [0.25, 0.3) is 0 Å². The molecular weight excluding hydrogens is 244 g/mol. The Bertz CT molecular complexity index is 432. The standard InChI is InChI=1S/C14H20N2OS/c1-3-10(2)7-13(17)16-9-11-5-4-6-12(8-11)14(15)18/h4-6,8,10H,3,7,9H2,1-2H3,(H2,15,18)(H,16,17). The average molecular weight is 264 g/mol. The molecule has 0 radical (unpaired) electrons. The van der Waals surface area contributed by atoms with Gasteiger partial charge in [0.2, 0.25) is 5.91 Å². The summed E-state index contributed by atoms with van der Waals surface area (Å²) >= 11 is 4.92. The molecule has 1 atom stereocenters. The molecule has 0 bridgehead atoms. The normalized spacial score (nSPS) is 11.9. The van der Waals surface area contributed by atoms with Crippen molar-refractivity contribution >= 4 is 23.1 Å². The highest BCUT2D eigenvalue weighted by molar-refractivity contribution is 7.80. The molecule has 0 aromatic heterocycles. The van der Waals surface area contributed by atoms with Crippen molar-refractivity contribution in [3.8, 4) is 0 Å². The van der Waals surface area contributed by atoms with Crippen LogP contribution in [-0.2, 0) is 11.3 Å². The monoisotopic (exact) mass is 264 g/mol. The van der Waals surface area contributed by atoms with E-state index in [9.17, 15) is 4.79 Å². The first-order chi connectivity index (χ1) is 8.52. The Labute approximate surface area is 114 Å². The van der Waals surface area contributed by atoms with Gasteiger partial charge in [-0.2, -0.15) is 0 Å². The molecule has 0 aliphatic heterocycles. The second-order valence-electron chi connectivity index (χ2n) is 4.56. The summed E-state index contributed by atoms with van der Waals surface area (Å²) in [6.45, 7) is 4.68. The fraction of sp³-hybridized carbons (Fsp3) is 0.429. The third-order valence-corrected chi connectivity index (χ3v) is 3.17. The van der Waals surface area contributed by atoms with Crippen LogP contribution in [0.5, 0.6) is 0 Å². The lowest BCUT2D eigenvalue weighted by molar-refractivity contribution is -0.122. The van der Waals surface area contributed by atoms with E-state index < -0.39 is 0 Å². The number of amides is 1. The van der Waals surface area contributed by atoms with Crippen molar-refractivity contribution in [2.75, 3.05) is 0 Å². The first-order valence-corrected chi connectivity index (χ1v) is 6.59. The van der Waals surface area contributed by atoms with E-state index >= 15 is 0 Å². The Morgan fingerprint density at radius 3 is 2.83 bits per heavy atom. The Balaban J connectivity index is 2.50. The zero-order chi connectivity index (χ0) is 13.5. The second-order valence-corrected chi connectivity index (χ2v) is 5.00. The first kappa shape index (κ1) is 14.6. The van der Waals surface area contributed by atoms with Crippen molar-refractivity contribution in [1.82, 2.24) is 5.32 Å². The highest BCUT2D eigenvalue weighted by Crippen LogP contribution is 2.07. The average Bonchev–Trinajstić information content (AvgIpc) is 2.36. The Hall–Kier alpha value is -1.42. The Morgan fingerprint density at radius 2 is 2.22 bits per heavy atom. The van der Waals surface area contributed by atoms with Crippen molar-refractivity contribution < 1.29 is 4.79 Å². The zero-order valence-electron chi connectivity index (χ0n) is 10.9. The maximum absolute atomic E-state index is 11.6. The molecule has 0 aliphatic carbocycles. The number of nitrogens with one attached hydrogen (secondary N) is 1. The molecule has 98 valence electrons. The van der Waals surface area contributed by atoms with Crippen LogP contribution in [0.1, 0.15) is 37.8 Å². The maximum Gasteiger partial charge on any atom is 0.220 e. The van der Waals surface area contributed by atoms with Crippen molar-refractivity contribution in [2.45, 2.75) is 33.2 Å². The molecule has 0 heterocycles. The van der Waals surface area contributed by atoms with E-state index in [2.05, 4.69) is 19.2 Å². The summed E-state index contributed by atoms with van der Waals surface area (Å²) < 4.78 is 0. The van der Waals surface area contributed by atoms with E-state index in [-0.39, 0.29) is 5.91 Å². The first-order valence-electron chi connectivity index (χ1n) is 6.18. The molecule has 0 saturated heterocycles. The summed E-state index contributed by atoms with van der Waals surface area (Å²) in [5.41, 5.74) is 7.41. The molecule has 0 spiro atoms. The smallest absolute Gasteiger partial charge is 0.220 e. The van der Waals surface area contributed by atoms with Crippen molar-refractivity contribution in [3.05, 3.63) is 35.4 Å². The summed E-state index contributed by atoms with van der Waals surface area (Å²) in [5.74, 6) is 0.512. The van der Waals surface area contributed by atoms with Crippen LogP contribution >= 0.6 is 12.2 Å². The highest BCUT2D eigenvalue weighted by atomic mass is 32.1. The van der Waals surface area contributed by atoms with E-state index in [4.69, 9.17) is 18.0 Å². The van der Waals surface area contributed by atoms with Gasteiger partial charge < -0.3 is 11.1 Å². The molecule has 1 aromatic carbocycles. The van der Waals surface area contributed by atoms with E-state index in [0.29, 0.717) is 23.9 Å². The quantitative estimate of drug-likeness (QED) is 0.776. The van der Waals surface area contributed by atoms with Crippen LogP contribution in [0.4, 0.5) is 0 Å². The molecule has 18 heavy (non-hydrogen) atoms. The zero-order valence-corrected chi connectivity index (χ0v) is 11.7. The van der Waals surface area contributed by atoms with Gasteiger partial charge in [-0.15, -0.1) is 0 Å². The van der Waals surface area contributed by atoms with Gasteiger partial charge in [0.15, 0.2) is 0 Å². The van der Waals surface area contributed by atoms with Crippen molar-refractivity contribution in [2.24, 2.45) is 11.7 Å². The molecule has 4 heteroatoms. The summed E-state index contributed by atoms with van der Waals surface area (Å²) in [4.78, 5) is 12.0. The lowest BCUT2D eigenvalue weighted by Crippen LogP contribution is -2.24. The fourth-order valence-corrected chi connectivity index (χ4v) is 1.70. The van der Waals surface area contributed by atoms with Crippen LogP contribution < -0.4 is 11.1 Å². The number of thiocarbonyl (C=S) groups is 1. The number of hydrogen-bond donors (Lipinski definition) is 2. The third-order valence-electron chi connectivity index (χ3n) is 2.93. The van der Waals surface area contributed by atoms with Gasteiger partial charge in [0.05, 0.1) is 0 Å². The molecule has 0 saturated carbocycles. The number of hydrogen-bond acceptors (Lipinski definition) is 2. The lowest BCUT2D eigenvalue weighted by Gasteiger charge is -2.09. The van der Waals surface area contributed by atoms with Crippen LogP contribution in [-0.4, -0.2) is 10.9 Å². The highest BCUT2D eigenvalue weighted by Gasteiger charge is 2.07. The van der Waals surface area contributed by atoms with E-state index in [1.54, 1.807) is 0 Å². The SMILES string of the molecule is CCC(C)CC(=O)NCc1cccc(C(N)=S)c1. The van der Waals surface area contributed by atoms with Crippen molar-refractivity contribution in [1.29, 1.82) is 0 Å². The van der Waals surface area contributed by atoms with E-state index in [0.717, 1.165) is 17.5 Å². The number of nitrogens with two attached hydrogens (primary N) is 1. The van der Waals surface area contributed by atoms with Gasteiger partial charge in [-0.05, 0) is 17.5 Å².